The highest BCUT2D eigenvalue weighted by Crippen LogP contribution is 2.30. The van der Waals surface area contributed by atoms with Crippen LogP contribution in [0.25, 0.3) is 22.3 Å². The number of aryl methyl sites for hydroxylation is 1. The van der Waals surface area contributed by atoms with Gasteiger partial charge in [-0.25, -0.2) is 4.39 Å². The number of hydrogen-bond acceptors (Lipinski definition) is 5. The molecule has 172 valence electrons. The SMILES string of the molecule is COc1ccc(-c2ccc(-c3ccc(OC(=O)CCc4ccc(O)c(O)c4)cc3)c(F)c2)cc1. The summed E-state index contributed by atoms with van der Waals surface area (Å²) in [5, 5.41) is 18.9. The molecule has 0 unspecified atom stereocenters. The molecule has 0 fully saturated rings. The third kappa shape index (κ3) is 5.35. The molecule has 0 aliphatic rings. The molecule has 4 rings (SSSR count). The molecular weight excluding hydrogens is 435 g/mol. The summed E-state index contributed by atoms with van der Waals surface area (Å²) in [4.78, 5) is 12.2. The first-order valence-electron chi connectivity index (χ1n) is 10.7. The van der Waals surface area contributed by atoms with Gasteiger partial charge in [0.25, 0.3) is 0 Å². The van der Waals surface area contributed by atoms with Crippen molar-refractivity contribution < 1.29 is 28.9 Å². The lowest BCUT2D eigenvalue weighted by Crippen LogP contribution is -2.09. The van der Waals surface area contributed by atoms with Crippen LogP contribution < -0.4 is 9.47 Å². The van der Waals surface area contributed by atoms with E-state index in [1.54, 1.807) is 43.5 Å². The molecule has 0 aliphatic carbocycles. The van der Waals surface area contributed by atoms with Crippen LogP contribution in [-0.2, 0) is 11.2 Å². The van der Waals surface area contributed by atoms with Gasteiger partial charge < -0.3 is 19.7 Å². The van der Waals surface area contributed by atoms with Gasteiger partial charge in [0.1, 0.15) is 17.3 Å². The summed E-state index contributed by atoms with van der Waals surface area (Å²) in [5.41, 5.74) is 3.46. The zero-order valence-electron chi connectivity index (χ0n) is 18.5. The van der Waals surface area contributed by atoms with E-state index in [9.17, 15) is 19.4 Å². The van der Waals surface area contributed by atoms with Crippen molar-refractivity contribution in [2.45, 2.75) is 12.8 Å². The zero-order chi connectivity index (χ0) is 24.1. The molecule has 0 atom stereocenters. The second-order valence-electron chi connectivity index (χ2n) is 7.74. The van der Waals surface area contributed by atoms with Crippen LogP contribution in [0.15, 0.2) is 84.9 Å². The van der Waals surface area contributed by atoms with Crippen molar-refractivity contribution in [1.29, 1.82) is 0 Å². The van der Waals surface area contributed by atoms with E-state index in [1.807, 2.05) is 30.3 Å². The second kappa shape index (κ2) is 10.1. The van der Waals surface area contributed by atoms with E-state index in [0.717, 1.165) is 16.9 Å². The van der Waals surface area contributed by atoms with Crippen molar-refractivity contribution in [3.05, 3.63) is 96.3 Å². The van der Waals surface area contributed by atoms with Crippen molar-refractivity contribution in [3.8, 4) is 45.3 Å². The van der Waals surface area contributed by atoms with Gasteiger partial charge in [-0.2, -0.15) is 0 Å². The highest BCUT2D eigenvalue weighted by molar-refractivity contribution is 5.74. The summed E-state index contributed by atoms with van der Waals surface area (Å²) in [7, 11) is 1.60. The smallest absolute Gasteiger partial charge is 0.311 e. The Morgan fingerprint density at radius 1 is 0.765 bits per heavy atom. The molecule has 0 radical (unpaired) electrons. The van der Waals surface area contributed by atoms with E-state index < -0.39 is 5.97 Å². The van der Waals surface area contributed by atoms with Gasteiger partial charge in [-0.05, 0) is 71.1 Å². The molecule has 2 N–H and O–H groups in total. The zero-order valence-corrected chi connectivity index (χ0v) is 18.5. The third-order valence-electron chi connectivity index (χ3n) is 5.45. The fourth-order valence-electron chi connectivity index (χ4n) is 3.57. The first kappa shape index (κ1) is 22.9. The van der Waals surface area contributed by atoms with Gasteiger partial charge in [-0.15, -0.1) is 0 Å². The summed E-state index contributed by atoms with van der Waals surface area (Å²) in [5.74, 6) is -0.131. The lowest BCUT2D eigenvalue weighted by molar-refractivity contribution is -0.134. The molecule has 4 aromatic rings. The van der Waals surface area contributed by atoms with Crippen molar-refractivity contribution in [2.24, 2.45) is 0 Å². The lowest BCUT2D eigenvalue weighted by atomic mass is 9.99. The maximum atomic E-state index is 14.8. The summed E-state index contributed by atoms with van der Waals surface area (Å²) in [6.45, 7) is 0. The molecule has 6 heteroatoms. The highest BCUT2D eigenvalue weighted by Gasteiger charge is 2.10. The van der Waals surface area contributed by atoms with Crippen LogP contribution in [0.4, 0.5) is 4.39 Å². The van der Waals surface area contributed by atoms with E-state index in [0.29, 0.717) is 28.9 Å². The highest BCUT2D eigenvalue weighted by atomic mass is 19.1. The Balaban J connectivity index is 1.39. The number of phenols is 2. The first-order chi connectivity index (χ1) is 16.4. The number of rotatable bonds is 7. The number of ether oxygens (including phenoxy) is 2. The molecule has 5 nitrogen and oxygen atoms in total. The summed E-state index contributed by atoms with van der Waals surface area (Å²) >= 11 is 0. The summed E-state index contributed by atoms with van der Waals surface area (Å²) < 4.78 is 25.4. The fraction of sp³-hybridized carbons (Fsp3) is 0.107. The quantitative estimate of drug-likeness (QED) is 0.198. The van der Waals surface area contributed by atoms with Crippen molar-refractivity contribution >= 4 is 5.97 Å². The Hall–Kier alpha value is -4.32. The van der Waals surface area contributed by atoms with E-state index in [-0.39, 0.29) is 23.7 Å². The minimum Gasteiger partial charge on any atom is -0.504 e. The fourth-order valence-corrected chi connectivity index (χ4v) is 3.57. The second-order valence-corrected chi connectivity index (χ2v) is 7.74. The monoisotopic (exact) mass is 458 g/mol. The average molecular weight is 458 g/mol. The lowest BCUT2D eigenvalue weighted by Gasteiger charge is -2.09. The van der Waals surface area contributed by atoms with Crippen molar-refractivity contribution in [2.75, 3.05) is 7.11 Å². The first-order valence-corrected chi connectivity index (χ1v) is 10.7. The summed E-state index contributed by atoms with van der Waals surface area (Å²) in [6.07, 6.45) is 0.462. The Morgan fingerprint density at radius 2 is 1.41 bits per heavy atom. The Bertz CT molecular complexity index is 1300. The topological polar surface area (TPSA) is 76.0 Å². The molecular formula is C28H23FO5. The van der Waals surface area contributed by atoms with Crippen molar-refractivity contribution in [1.82, 2.24) is 0 Å². The van der Waals surface area contributed by atoms with E-state index in [1.165, 1.54) is 18.2 Å². The number of carbonyl (C=O) groups is 1. The normalized spacial score (nSPS) is 10.6. The van der Waals surface area contributed by atoms with E-state index >= 15 is 0 Å². The maximum absolute atomic E-state index is 14.8. The molecule has 0 bridgehead atoms. The van der Waals surface area contributed by atoms with Gasteiger partial charge in [0.05, 0.1) is 7.11 Å². The number of halogens is 1. The minimum absolute atomic E-state index is 0.105. The average Bonchev–Trinajstić information content (AvgIpc) is 2.85. The van der Waals surface area contributed by atoms with Gasteiger partial charge in [-0.1, -0.05) is 42.5 Å². The number of methoxy groups -OCH3 is 1. The van der Waals surface area contributed by atoms with Gasteiger partial charge in [-0.3, -0.25) is 4.79 Å². The minimum atomic E-state index is -0.435. The maximum Gasteiger partial charge on any atom is 0.311 e. The van der Waals surface area contributed by atoms with E-state index in [4.69, 9.17) is 9.47 Å². The molecule has 0 saturated heterocycles. The van der Waals surface area contributed by atoms with Crippen LogP contribution >= 0.6 is 0 Å². The van der Waals surface area contributed by atoms with Gasteiger partial charge in [0.2, 0.25) is 0 Å². The van der Waals surface area contributed by atoms with Gasteiger partial charge in [0, 0.05) is 12.0 Å². The summed E-state index contributed by atoms with van der Waals surface area (Å²) in [6, 6.07) is 23.5. The molecule has 0 spiro atoms. The van der Waals surface area contributed by atoms with Crippen LogP contribution in [0.3, 0.4) is 0 Å². The molecule has 0 aliphatic heterocycles. The third-order valence-corrected chi connectivity index (χ3v) is 5.45. The number of benzene rings is 4. The van der Waals surface area contributed by atoms with E-state index in [2.05, 4.69) is 0 Å². The number of aromatic hydroxyl groups is 2. The predicted molar refractivity (Wildman–Crippen MR) is 128 cm³/mol. The number of hydrogen-bond donors (Lipinski definition) is 2. The van der Waals surface area contributed by atoms with Crippen LogP contribution in [0.5, 0.6) is 23.0 Å². The van der Waals surface area contributed by atoms with Crippen LogP contribution in [0.1, 0.15) is 12.0 Å². The van der Waals surface area contributed by atoms with Crippen LogP contribution in [0, 0.1) is 5.82 Å². The number of phenolic OH excluding ortho intramolecular Hbond substituents is 2. The molecule has 4 aromatic carbocycles. The Kier molecular flexibility index (Phi) is 6.78. The van der Waals surface area contributed by atoms with Gasteiger partial charge in [0.15, 0.2) is 11.5 Å². The van der Waals surface area contributed by atoms with Gasteiger partial charge >= 0.3 is 5.97 Å². The van der Waals surface area contributed by atoms with Crippen LogP contribution in [-0.4, -0.2) is 23.3 Å². The molecule has 0 aromatic heterocycles. The van der Waals surface area contributed by atoms with Crippen molar-refractivity contribution in [3.63, 3.8) is 0 Å². The Labute approximate surface area is 196 Å². The molecule has 0 amide bonds. The largest absolute Gasteiger partial charge is 0.504 e. The van der Waals surface area contributed by atoms with Crippen LogP contribution in [0.2, 0.25) is 0 Å². The molecule has 34 heavy (non-hydrogen) atoms. The number of esters is 1. The standard InChI is InChI=1S/C28H23FO5/c1-33-22-9-4-19(5-10-22)21-8-13-24(25(29)17-21)20-6-11-23(12-7-20)34-28(32)15-3-18-2-14-26(30)27(31)16-18/h2,4-14,16-17,30-31H,3,15H2,1H3. The Morgan fingerprint density at radius 3 is 2.06 bits per heavy atom. The predicted octanol–water partition coefficient (Wildman–Crippen LogP) is 6.12. The molecule has 0 saturated carbocycles. The number of carbonyl (C=O) groups excluding carboxylic acids is 1. The molecule has 0 heterocycles.